The van der Waals surface area contributed by atoms with Crippen molar-refractivity contribution in [3.63, 3.8) is 0 Å². The fourth-order valence-corrected chi connectivity index (χ4v) is 3.15. The van der Waals surface area contributed by atoms with Crippen LogP contribution in [0.2, 0.25) is 0 Å². The third-order valence-electron chi connectivity index (χ3n) is 3.52. The molecule has 0 saturated carbocycles. The minimum Gasteiger partial charge on any atom is -0.398 e. The highest BCUT2D eigenvalue weighted by molar-refractivity contribution is 7.10. The van der Waals surface area contributed by atoms with Crippen molar-refractivity contribution in [2.24, 2.45) is 0 Å². The summed E-state index contributed by atoms with van der Waals surface area (Å²) in [4.78, 5) is 3.85. The van der Waals surface area contributed by atoms with Gasteiger partial charge in [-0.15, -0.1) is 11.3 Å². The summed E-state index contributed by atoms with van der Waals surface area (Å²) < 4.78 is 0. The zero-order valence-electron chi connectivity index (χ0n) is 10.6. The number of nitrogen functional groups attached to an aromatic ring is 1. The molecule has 4 heteroatoms. The molecule has 1 fully saturated rings. The van der Waals surface area contributed by atoms with Crippen molar-refractivity contribution >= 4 is 17.0 Å². The van der Waals surface area contributed by atoms with Gasteiger partial charge < -0.3 is 11.1 Å². The highest BCUT2D eigenvalue weighted by atomic mass is 32.1. The lowest BCUT2D eigenvalue weighted by atomic mass is 10.1. The Kier molecular flexibility index (Phi) is 4.83. The van der Waals surface area contributed by atoms with Crippen molar-refractivity contribution < 1.29 is 0 Å². The van der Waals surface area contributed by atoms with E-state index in [0.29, 0.717) is 6.04 Å². The lowest BCUT2D eigenvalue weighted by Crippen LogP contribution is -2.42. The minimum atomic E-state index is 0.636. The fourth-order valence-electron chi connectivity index (χ4n) is 2.38. The molecule has 0 aliphatic carbocycles. The summed E-state index contributed by atoms with van der Waals surface area (Å²) in [6.45, 7) is 6.81. The van der Waals surface area contributed by atoms with Gasteiger partial charge in [0.05, 0.1) is 0 Å². The van der Waals surface area contributed by atoms with Gasteiger partial charge in [-0.25, -0.2) is 0 Å². The molecule has 1 aromatic rings. The predicted molar refractivity (Wildman–Crippen MR) is 75.3 cm³/mol. The first-order valence-electron chi connectivity index (χ1n) is 6.54. The van der Waals surface area contributed by atoms with Crippen LogP contribution in [0.5, 0.6) is 0 Å². The maximum atomic E-state index is 5.86. The second-order valence-corrected chi connectivity index (χ2v) is 5.88. The van der Waals surface area contributed by atoms with Crippen LogP contribution in [0.1, 0.15) is 31.1 Å². The molecule has 2 rings (SSSR count). The Balaban J connectivity index is 1.69. The number of nitrogens with one attached hydrogen (secondary N) is 1. The van der Waals surface area contributed by atoms with Gasteiger partial charge in [-0.1, -0.05) is 6.42 Å². The molecule has 1 unspecified atom stereocenters. The van der Waals surface area contributed by atoms with Gasteiger partial charge >= 0.3 is 0 Å². The smallest absolute Gasteiger partial charge is 0.0468 e. The SMILES string of the molecule is CC(CNCc1sccc1N)N1CCCCC1. The van der Waals surface area contributed by atoms with E-state index in [0.717, 1.165) is 18.8 Å². The molecule has 3 nitrogen and oxygen atoms in total. The van der Waals surface area contributed by atoms with Crippen molar-refractivity contribution in [2.45, 2.75) is 38.8 Å². The molecular weight excluding hydrogens is 230 g/mol. The molecule has 0 radical (unpaired) electrons. The number of nitrogens with zero attached hydrogens (tertiary/aromatic N) is 1. The number of piperidine rings is 1. The van der Waals surface area contributed by atoms with Gasteiger partial charge in [0.15, 0.2) is 0 Å². The van der Waals surface area contributed by atoms with Gasteiger partial charge in [-0.3, -0.25) is 4.90 Å². The van der Waals surface area contributed by atoms with E-state index in [1.54, 1.807) is 11.3 Å². The molecule has 2 heterocycles. The highest BCUT2D eigenvalue weighted by Gasteiger charge is 2.16. The van der Waals surface area contributed by atoms with Crippen molar-refractivity contribution in [1.82, 2.24) is 10.2 Å². The van der Waals surface area contributed by atoms with Crippen LogP contribution < -0.4 is 11.1 Å². The van der Waals surface area contributed by atoms with Crippen LogP contribution >= 0.6 is 11.3 Å². The molecular formula is C13H23N3S. The van der Waals surface area contributed by atoms with Crippen molar-refractivity contribution in [3.05, 3.63) is 16.3 Å². The van der Waals surface area contributed by atoms with Gasteiger partial charge in [0.25, 0.3) is 0 Å². The maximum Gasteiger partial charge on any atom is 0.0468 e. The third-order valence-corrected chi connectivity index (χ3v) is 4.46. The molecule has 3 N–H and O–H groups in total. The number of hydrogen-bond donors (Lipinski definition) is 2. The summed E-state index contributed by atoms with van der Waals surface area (Å²) in [7, 11) is 0. The zero-order chi connectivity index (χ0) is 12.1. The van der Waals surface area contributed by atoms with E-state index in [1.165, 1.54) is 37.2 Å². The summed E-state index contributed by atoms with van der Waals surface area (Å²) in [5.41, 5.74) is 6.78. The van der Waals surface area contributed by atoms with Gasteiger partial charge in [-0.2, -0.15) is 0 Å². The fraction of sp³-hybridized carbons (Fsp3) is 0.692. The summed E-state index contributed by atoms with van der Waals surface area (Å²) >= 11 is 1.74. The Labute approximate surface area is 108 Å². The Morgan fingerprint density at radius 1 is 1.41 bits per heavy atom. The van der Waals surface area contributed by atoms with Crippen molar-refractivity contribution in [3.8, 4) is 0 Å². The summed E-state index contributed by atoms with van der Waals surface area (Å²) in [6, 6.07) is 2.62. The molecule has 96 valence electrons. The van der Waals surface area contributed by atoms with Crippen molar-refractivity contribution in [2.75, 3.05) is 25.4 Å². The number of anilines is 1. The first kappa shape index (κ1) is 12.9. The maximum absolute atomic E-state index is 5.86. The molecule has 1 atom stereocenters. The average molecular weight is 253 g/mol. The van der Waals surface area contributed by atoms with Crippen LogP contribution in [0.25, 0.3) is 0 Å². The van der Waals surface area contributed by atoms with E-state index in [2.05, 4.69) is 22.5 Å². The topological polar surface area (TPSA) is 41.3 Å². The number of rotatable bonds is 5. The number of nitrogens with two attached hydrogens (primary N) is 1. The Morgan fingerprint density at radius 2 is 2.18 bits per heavy atom. The van der Waals surface area contributed by atoms with Gasteiger partial charge in [0.1, 0.15) is 0 Å². The van der Waals surface area contributed by atoms with Gasteiger partial charge in [0, 0.05) is 29.7 Å². The summed E-state index contributed by atoms with van der Waals surface area (Å²) in [5, 5.41) is 5.57. The van der Waals surface area contributed by atoms with E-state index < -0.39 is 0 Å². The molecule has 0 bridgehead atoms. The van der Waals surface area contributed by atoms with Gasteiger partial charge in [-0.05, 0) is 44.3 Å². The largest absolute Gasteiger partial charge is 0.398 e. The van der Waals surface area contributed by atoms with Gasteiger partial charge in [0.2, 0.25) is 0 Å². The zero-order valence-corrected chi connectivity index (χ0v) is 11.4. The molecule has 17 heavy (non-hydrogen) atoms. The Bertz CT molecular complexity index is 331. The summed E-state index contributed by atoms with van der Waals surface area (Å²) in [5.74, 6) is 0. The second-order valence-electron chi connectivity index (χ2n) is 4.88. The average Bonchev–Trinajstić information content (AvgIpc) is 2.76. The van der Waals surface area contributed by atoms with E-state index in [9.17, 15) is 0 Å². The lowest BCUT2D eigenvalue weighted by Gasteiger charge is -2.32. The van der Waals surface area contributed by atoms with Crippen LogP contribution in [0.4, 0.5) is 5.69 Å². The Morgan fingerprint density at radius 3 is 2.82 bits per heavy atom. The van der Waals surface area contributed by atoms with Crippen molar-refractivity contribution in [1.29, 1.82) is 0 Å². The molecule has 1 saturated heterocycles. The molecule has 0 spiro atoms. The molecule has 1 aliphatic heterocycles. The first-order chi connectivity index (χ1) is 8.27. The van der Waals surface area contributed by atoms with Crippen LogP contribution in [0.3, 0.4) is 0 Å². The monoisotopic (exact) mass is 253 g/mol. The number of hydrogen-bond acceptors (Lipinski definition) is 4. The minimum absolute atomic E-state index is 0.636. The molecule has 0 aromatic carbocycles. The predicted octanol–water partition coefficient (Wildman–Crippen LogP) is 2.29. The van der Waals surface area contributed by atoms with E-state index in [4.69, 9.17) is 5.73 Å². The van der Waals surface area contributed by atoms with Crippen LogP contribution in [0, 0.1) is 0 Å². The Hall–Kier alpha value is -0.580. The normalized spacial score (nSPS) is 19.4. The lowest BCUT2D eigenvalue weighted by molar-refractivity contribution is 0.171. The second kappa shape index (κ2) is 6.38. The highest BCUT2D eigenvalue weighted by Crippen LogP contribution is 2.18. The third kappa shape index (κ3) is 3.69. The summed E-state index contributed by atoms with van der Waals surface area (Å²) in [6.07, 6.45) is 4.13. The van der Waals surface area contributed by atoms with Crippen LogP contribution in [-0.4, -0.2) is 30.6 Å². The van der Waals surface area contributed by atoms with E-state index in [-0.39, 0.29) is 0 Å². The van der Waals surface area contributed by atoms with E-state index >= 15 is 0 Å². The molecule has 1 aliphatic rings. The standard InChI is InChI=1S/C13H23N3S/c1-11(16-6-3-2-4-7-16)9-15-10-13-12(14)5-8-17-13/h5,8,11,15H,2-4,6-7,9-10,14H2,1H3. The van der Waals surface area contributed by atoms with Crippen LogP contribution in [0.15, 0.2) is 11.4 Å². The van der Waals surface area contributed by atoms with E-state index in [1.807, 2.05) is 6.07 Å². The van der Waals surface area contributed by atoms with Crippen LogP contribution in [-0.2, 0) is 6.54 Å². The molecule has 1 aromatic heterocycles. The number of thiophene rings is 1. The first-order valence-corrected chi connectivity index (χ1v) is 7.42. The molecule has 0 amide bonds. The quantitative estimate of drug-likeness (QED) is 0.846. The number of likely N-dealkylation sites (tertiary alicyclic amines) is 1.